The number of benzene rings is 1. The summed E-state index contributed by atoms with van der Waals surface area (Å²) in [5.41, 5.74) is 2.45. The van der Waals surface area contributed by atoms with E-state index in [-0.39, 0.29) is 24.0 Å². The maximum atomic E-state index is 5.12. The molecule has 0 unspecified atom stereocenters. The third-order valence-corrected chi connectivity index (χ3v) is 4.11. The molecule has 0 fully saturated rings. The molecule has 2 N–H and O–H groups in total. The maximum Gasteiger partial charge on any atom is 0.226 e. The van der Waals surface area contributed by atoms with Gasteiger partial charge in [0.15, 0.2) is 11.8 Å². The number of aryl methyl sites for hydroxylation is 2. The summed E-state index contributed by atoms with van der Waals surface area (Å²) in [6.45, 7) is 4.04. The van der Waals surface area contributed by atoms with Crippen LogP contribution in [0.2, 0.25) is 0 Å². The number of hydrogen-bond donors (Lipinski definition) is 2. The van der Waals surface area contributed by atoms with Crippen LogP contribution in [-0.2, 0) is 19.5 Å². The van der Waals surface area contributed by atoms with Crippen molar-refractivity contribution < 1.29 is 4.52 Å². The van der Waals surface area contributed by atoms with E-state index in [0.717, 1.165) is 31.9 Å². The fourth-order valence-electron chi connectivity index (χ4n) is 2.74. The van der Waals surface area contributed by atoms with Gasteiger partial charge in [0.25, 0.3) is 0 Å². The number of guanidine groups is 1. The van der Waals surface area contributed by atoms with Crippen molar-refractivity contribution >= 4 is 29.9 Å². The molecular weight excluding hydrogens is 469 g/mol. The molecule has 3 aromatic rings. The number of hydrogen-bond acceptors (Lipinski definition) is 5. The van der Waals surface area contributed by atoms with E-state index in [1.807, 2.05) is 29.9 Å². The standard InChI is InChI=1S/C19H25N7O.HI/c1-15-24-18(27-25-15)9-5-10-21-19(20-2)22-13-16-7-3-4-8-17(16)14-26-12-6-11-23-26;/h3-4,6-8,11-12H,5,9-10,13-14H2,1-2H3,(H2,20,21,22);1H. The Morgan fingerprint density at radius 2 is 2.00 bits per heavy atom. The van der Waals surface area contributed by atoms with Crippen LogP contribution in [0.5, 0.6) is 0 Å². The van der Waals surface area contributed by atoms with Crippen molar-refractivity contribution in [3.8, 4) is 0 Å². The van der Waals surface area contributed by atoms with Crippen LogP contribution in [-0.4, -0.2) is 39.5 Å². The van der Waals surface area contributed by atoms with Gasteiger partial charge in [-0.1, -0.05) is 29.4 Å². The van der Waals surface area contributed by atoms with E-state index in [1.54, 1.807) is 13.2 Å². The molecule has 9 heteroatoms. The van der Waals surface area contributed by atoms with E-state index in [4.69, 9.17) is 4.52 Å². The lowest BCUT2D eigenvalue weighted by atomic mass is 10.1. The number of aromatic nitrogens is 4. The molecule has 3 rings (SSSR count). The van der Waals surface area contributed by atoms with Gasteiger partial charge >= 0.3 is 0 Å². The Morgan fingerprint density at radius 3 is 2.68 bits per heavy atom. The topological polar surface area (TPSA) is 93.2 Å². The molecule has 0 atom stereocenters. The third-order valence-electron chi connectivity index (χ3n) is 4.11. The van der Waals surface area contributed by atoms with Crippen LogP contribution in [0.4, 0.5) is 0 Å². The molecule has 2 aromatic heterocycles. The van der Waals surface area contributed by atoms with Gasteiger partial charge in [0.2, 0.25) is 5.89 Å². The molecule has 0 radical (unpaired) electrons. The summed E-state index contributed by atoms with van der Waals surface area (Å²) in [5.74, 6) is 2.11. The molecule has 0 bridgehead atoms. The first-order valence-corrected chi connectivity index (χ1v) is 9.02. The van der Waals surface area contributed by atoms with Gasteiger partial charge in [-0.05, 0) is 30.5 Å². The van der Waals surface area contributed by atoms with Crippen LogP contribution in [0.1, 0.15) is 29.3 Å². The van der Waals surface area contributed by atoms with Crippen LogP contribution in [0, 0.1) is 6.92 Å². The van der Waals surface area contributed by atoms with Gasteiger partial charge in [0.05, 0.1) is 6.54 Å². The first kappa shape index (κ1) is 21.9. The minimum absolute atomic E-state index is 0. The van der Waals surface area contributed by atoms with Crippen LogP contribution in [0.25, 0.3) is 0 Å². The molecule has 0 aliphatic carbocycles. The number of aliphatic imine (C=N–C) groups is 1. The molecule has 0 amide bonds. The lowest BCUT2D eigenvalue weighted by Gasteiger charge is -2.14. The Labute approximate surface area is 181 Å². The average Bonchev–Trinajstić information content (AvgIpc) is 3.34. The lowest BCUT2D eigenvalue weighted by molar-refractivity contribution is 0.372. The Bertz CT molecular complexity index is 861. The van der Waals surface area contributed by atoms with Gasteiger partial charge < -0.3 is 15.2 Å². The molecule has 0 saturated heterocycles. The van der Waals surface area contributed by atoms with Crippen molar-refractivity contribution in [2.75, 3.05) is 13.6 Å². The largest absolute Gasteiger partial charge is 0.356 e. The summed E-state index contributed by atoms with van der Waals surface area (Å²) in [6.07, 6.45) is 5.40. The zero-order valence-electron chi connectivity index (χ0n) is 16.1. The van der Waals surface area contributed by atoms with Gasteiger partial charge in [0, 0.05) is 39.0 Å². The van der Waals surface area contributed by atoms with E-state index in [9.17, 15) is 0 Å². The molecule has 0 aliphatic rings. The second kappa shape index (κ2) is 11.4. The summed E-state index contributed by atoms with van der Waals surface area (Å²) in [5, 5.41) is 14.8. The number of nitrogens with zero attached hydrogens (tertiary/aromatic N) is 5. The van der Waals surface area contributed by atoms with Gasteiger partial charge in [-0.3, -0.25) is 9.67 Å². The second-order valence-electron chi connectivity index (χ2n) is 6.16. The maximum absolute atomic E-state index is 5.12. The van der Waals surface area contributed by atoms with Crippen molar-refractivity contribution in [3.05, 3.63) is 65.6 Å². The monoisotopic (exact) mass is 495 g/mol. The van der Waals surface area contributed by atoms with Crippen LogP contribution in [0.3, 0.4) is 0 Å². The summed E-state index contributed by atoms with van der Waals surface area (Å²) in [7, 11) is 1.77. The second-order valence-corrected chi connectivity index (χ2v) is 6.16. The highest BCUT2D eigenvalue weighted by atomic mass is 127. The minimum Gasteiger partial charge on any atom is -0.356 e. The normalized spacial score (nSPS) is 11.1. The van der Waals surface area contributed by atoms with Crippen LogP contribution in [0.15, 0.2) is 52.2 Å². The van der Waals surface area contributed by atoms with E-state index in [1.165, 1.54) is 11.1 Å². The fraction of sp³-hybridized carbons (Fsp3) is 0.368. The Morgan fingerprint density at radius 1 is 1.18 bits per heavy atom. The van der Waals surface area contributed by atoms with Gasteiger partial charge in [0.1, 0.15) is 0 Å². The molecule has 8 nitrogen and oxygen atoms in total. The van der Waals surface area contributed by atoms with E-state index in [2.05, 4.69) is 49.1 Å². The number of nitrogens with one attached hydrogen (secondary N) is 2. The molecule has 1 aromatic carbocycles. The zero-order chi connectivity index (χ0) is 18.9. The molecule has 0 aliphatic heterocycles. The minimum atomic E-state index is 0. The Hall–Kier alpha value is -2.43. The predicted octanol–water partition coefficient (Wildman–Crippen LogP) is 2.54. The number of rotatable bonds is 8. The molecule has 2 heterocycles. The van der Waals surface area contributed by atoms with Gasteiger partial charge in [-0.15, -0.1) is 24.0 Å². The summed E-state index contributed by atoms with van der Waals surface area (Å²) in [6, 6.07) is 10.3. The molecular formula is C19H26IN7O. The summed E-state index contributed by atoms with van der Waals surface area (Å²) < 4.78 is 7.04. The Balaban J connectivity index is 0.00000280. The molecule has 150 valence electrons. The smallest absolute Gasteiger partial charge is 0.226 e. The first-order chi connectivity index (χ1) is 13.2. The highest BCUT2D eigenvalue weighted by Crippen LogP contribution is 2.10. The van der Waals surface area contributed by atoms with Gasteiger partial charge in [-0.2, -0.15) is 10.1 Å². The SMILES string of the molecule is CN=C(NCCCc1nc(C)no1)NCc1ccccc1Cn1cccn1.I. The van der Waals surface area contributed by atoms with Crippen LogP contribution < -0.4 is 10.6 Å². The van der Waals surface area contributed by atoms with Crippen molar-refractivity contribution in [2.24, 2.45) is 4.99 Å². The van der Waals surface area contributed by atoms with Crippen molar-refractivity contribution in [2.45, 2.75) is 32.9 Å². The summed E-state index contributed by atoms with van der Waals surface area (Å²) >= 11 is 0. The van der Waals surface area contributed by atoms with Crippen molar-refractivity contribution in [3.63, 3.8) is 0 Å². The molecule has 28 heavy (non-hydrogen) atoms. The predicted molar refractivity (Wildman–Crippen MR) is 119 cm³/mol. The lowest BCUT2D eigenvalue weighted by Crippen LogP contribution is -2.37. The van der Waals surface area contributed by atoms with Crippen LogP contribution >= 0.6 is 24.0 Å². The van der Waals surface area contributed by atoms with E-state index >= 15 is 0 Å². The third kappa shape index (κ3) is 6.63. The fourth-order valence-corrected chi connectivity index (χ4v) is 2.74. The van der Waals surface area contributed by atoms with E-state index in [0.29, 0.717) is 18.3 Å². The van der Waals surface area contributed by atoms with E-state index < -0.39 is 0 Å². The molecule has 0 spiro atoms. The highest BCUT2D eigenvalue weighted by molar-refractivity contribution is 14.0. The average molecular weight is 495 g/mol. The van der Waals surface area contributed by atoms with Gasteiger partial charge in [-0.25, -0.2) is 0 Å². The highest BCUT2D eigenvalue weighted by Gasteiger charge is 2.05. The zero-order valence-corrected chi connectivity index (χ0v) is 18.5. The van der Waals surface area contributed by atoms with Crippen molar-refractivity contribution in [1.29, 1.82) is 0 Å². The first-order valence-electron chi connectivity index (χ1n) is 9.02. The quantitative estimate of drug-likeness (QED) is 0.216. The van der Waals surface area contributed by atoms with Crippen molar-refractivity contribution in [1.82, 2.24) is 30.6 Å². The molecule has 0 saturated carbocycles. The number of halogens is 1. The Kier molecular flexibility index (Phi) is 8.92. The summed E-state index contributed by atoms with van der Waals surface area (Å²) in [4.78, 5) is 8.49.